The molecule has 2 aromatic rings. The van der Waals surface area contributed by atoms with E-state index in [2.05, 4.69) is 23.2 Å². The van der Waals surface area contributed by atoms with Gasteiger partial charge in [0.05, 0.1) is 10.6 Å². The number of hydrogen-bond acceptors (Lipinski definition) is 5. The fourth-order valence-corrected chi connectivity index (χ4v) is 5.67. The largest absolute Gasteiger partial charge is 0.325 e. The highest BCUT2D eigenvalue weighted by Crippen LogP contribution is 2.21. The normalized spacial score (nSPS) is 15.8. The van der Waals surface area contributed by atoms with Crippen LogP contribution in [0.2, 0.25) is 0 Å². The average molecular weight is 448 g/mol. The van der Waals surface area contributed by atoms with Crippen molar-refractivity contribution in [2.45, 2.75) is 24.5 Å². The zero-order valence-corrected chi connectivity index (χ0v) is 19.1. The summed E-state index contributed by atoms with van der Waals surface area (Å²) in [6, 6.07) is 14.7. The molecule has 1 saturated heterocycles. The number of amides is 1. The molecule has 0 spiro atoms. The van der Waals surface area contributed by atoms with E-state index in [0.717, 1.165) is 25.4 Å². The minimum Gasteiger partial charge on any atom is -0.325 e. The molecular formula is C22H29N3O3S2. The predicted octanol–water partition coefficient (Wildman–Crippen LogP) is 3.19. The van der Waals surface area contributed by atoms with Crippen LogP contribution in [-0.4, -0.2) is 62.0 Å². The molecule has 1 aliphatic rings. The van der Waals surface area contributed by atoms with Gasteiger partial charge in [-0.15, -0.1) is 11.8 Å². The van der Waals surface area contributed by atoms with Gasteiger partial charge in [0.2, 0.25) is 15.9 Å². The highest BCUT2D eigenvalue weighted by atomic mass is 32.2. The molecule has 2 aromatic carbocycles. The molecule has 0 saturated carbocycles. The number of carbonyl (C=O) groups excluding carboxylic acids is 1. The lowest BCUT2D eigenvalue weighted by Gasteiger charge is -2.33. The third-order valence-electron chi connectivity index (χ3n) is 5.12. The average Bonchev–Trinajstić information content (AvgIpc) is 2.74. The first-order valence-corrected chi connectivity index (χ1v) is 12.7. The van der Waals surface area contributed by atoms with E-state index in [9.17, 15) is 13.2 Å². The number of carbonyl (C=O) groups is 1. The van der Waals surface area contributed by atoms with E-state index in [4.69, 9.17) is 0 Å². The monoisotopic (exact) mass is 447 g/mol. The number of rotatable bonds is 8. The number of piperazine rings is 1. The number of nitrogens with zero attached hydrogens (tertiary/aromatic N) is 2. The molecule has 162 valence electrons. The number of thioether (sulfide) groups is 1. The Morgan fingerprint density at radius 3 is 2.50 bits per heavy atom. The van der Waals surface area contributed by atoms with Crippen molar-refractivity contribution in [3.05, 3.63) is 59.7 Å². The summed E-state index contributed by atoms with van der Waals surface area (Å²) in [4.78, 5) is 14.8. The van der Waals surface area contributed by atoms with Crippen LogP contribution in [0.25, 0.3) is 0 Å². The van der Waals surface area contributed by atoms with Crippen molar-refractivity contribution in [2.24, 2.45) is 0 Å². The number of sulfonamides is 1. The Hall–Kier alpha value is -1.87. The Balaban J connectivity index is 1.56. The zero-order chi connectivity index (χ0) is 21.6. The summed E-state index contributed by atoms with van der Waals surface area (Å²) in [5, 5.41) is 2.82. The molecule has 1 aliphatic heterocycles. The van der Waals surface area contributed by atoms with Crippen LogP contribution < -0.4 is 5.32 Å². The maximum Gasteiger partial charge on any atom is 0.243 e. The van der Waals surface area contributed by atoms with Gasteiger partial charge >= 0.3 is 0 Å². The number of aryl methyl sites for hydroxylation is 1. The molecule has 8 heteroatoms. The van der Waals surface area contributed by atoms with Crippen LogP contribution in [0.4, 0.5) is 5.69 Å². The Bertz CT molecular complexity index is 971. The van der Waals surface area contributed by atoms with E-state index in [-0.39, 0.29) is 10.8 Å². The van der Waals surface area contributed by atoms with E-state index in [0.29, 0.717) is 24.5 Å². The number of nitrogens with one attached hydrogen (secondary N) is 1. The molecule has 0 unspecified atom stereocenters. The quantitative estimate of drug-likeness (QED) is 0.673. The summed E-state index contributed by atoms with van der Waals surface area (Å²) in [5.74, 6) is 0.927. The van der Waals surface area contributed by atoms with E-state index >= 15 is 0 Å². The van der Waals surface area contributed by atoms with Crippen molar-refractivity contribution in [3.8, 4) is 0 Å². The van der Waals surface area contributed by atoms with Gasteiger partial charge in [0.1, 0.15) is 0 Å². The summed E-state index contributed by atoms with van der Waals surface area (Å²) in [6.45, 7) is 7.51. The molecule has 0 atom stereocenters. The third-order valence-corrected chi connectivity index (χ3v) is 8.02. The van der Waals surface area contributed by atoms with E-state index in [1.54, 1.807) is 24.3 Å². The maximum atomic E-state index is 13.0. The van der Waals surface area contributed by atoms with Crippen LogP contribution in [0.1, 0.15) is 18.1 Å². The first-order valence-electron chi connectivity index (χ1n) is 10.1. The molecular weight excluding hydrogens is 418 g/mol. The van der Waals surface area contributed by atoms with Gasteiger partial charge in [-0.25, -0.2) is 8.42 Å². The fraction of sp³-hybridized carbons (Fsp3) is 0.409. The van der Waals surface area contributed by atoms with Crippen molar-refractivity contribution < 1.29 is 13.2 Å². The molecule has 0 aromatic heterocycles. The van der Waals surface area contributed by atoms with Crippen molar-refractivity contribution in [2.75, 3.05) is 43.8 Å². The smallest absolute Gasteiger partial charge is 0.243 e. The van der Waals surface area contributed by atoms with Gasteiger partial charge in [0, 0.05) is 37.6 Å². The molecule has 1 N–H and O–H groups in total. The van der Waals surface area contributed by atoms with Crippen molar-refractivity contribution in [1.82, 2.24) is 9.21 Å². The minimum absolute atomic E-state index is 0.140. The third kappa shape index (κ3) is 6.07. The standard InChI is InChI=1S/C22H29N3O3S2/c1-3-24-10-12-25(13-11-24)30(27,28)21-9-5-8-20(15-21)23-22(26)17-29-16-19-7-4-6-18(2)14-19/h4-9,14-15H,3,10-13,16-17H2,1-2H3,(H,23,26). The van der Waals surface area contributed by atoms with Crippen molar-refractivity contribution >= 4 is 33.4 Å². The Morgan fingerprint density at radius 1 is 1.07 bits per heavy atom. The molecule has 1 amide bonds. The lowest BCUT2D eigenvalue weighted by atomic mass is 10.2. The van der Waals surface area contributed by atoms with E-state index in [1.165, 1.54) is 27.2 Å². The van der Waals surface area contributed by atoms with Gasteiger partial charge < -0.3 is 10.2 Å². The number of hydrogen-bond donors (Lipinski definition) is 1. The van der Waals surface area contributed by atoms with Gasteiger partial charge in [0.15, 0.2) is 0 Å². The first-order chi connectivity index (χ1) is 14.4. The Morgan fingerprint density at radius 2 is 1.80 bits per heavy atom. The number of benzene rings is 2. The molecule has 1 fully saturated rings. The molecule has 0 radical (unpaired) electrons. The van der Waals surface area contributed by atoms with Crippen LogP contribution in [-0.2, 0) is 20.6 Å². The molecule has 0 aliphatic carbocycles. The van der Waals surface area contributed by atoms with Crippen LogP contribution in [0.3, 0.4) is 0 Å². The van der Waals surface area contributed by atoms with Gasteiger partial charge in [0.25, 0.3) is 0 Å². The van der Waals surface area contributed by atoms with Crippen molar-refractivity contribution in [3.63, 3.8) is 0 Å². The predicted molar refractivity (Wildman–Crippen MR) is 123 cm³/mol. The number of likely N-dealkylation sites (N-methyl/N-ethyl adjacent to an activating group) is 1. The Labute approximate surface area is 183 Å². The topological polar surface area (TPSA) is 69.7 Å². The highest BCUT2D eigenvalue weighted by Gasteiger charge is 2.28. The molecule has 30 heavy (non-hydrogen) atoms. The van der Waals surface area contributed by atoms with Crippen LogP contribution in [0.15, 0.2) is 53.4 Å². The second-order valence-corrected chi connectivity index (χ2v) is 10.3. The molecule has 0 bridgehead atoms. The Kier molecular flexibility index (Phi) is 7.93. The second kappa shape index (κ2) is 10.4. The van der Waals surface area contributed by atoms with Gasteiger partial charge in [-0.3, -0.25) is 4.79 Å². The maximum absolute atomic E-state index is 13.0. The summed E-state index contributed by atoms with van der Waals surface area (Å²) in [7, 11) is -3.56. The lowest BCUT2D eigenvalue weighted by molar-refractivity contribution is -0.113. The summed E-state index contributed by atoms with van der Waals surface area (Å²) < 4.78 is 27.5. The lowest BCUT2D eigenvalue weighted by Crippen LogP contribution is -2.48. The van der Waals surface area contributed by atoms with E-state index < -0.39 is 10.0 Å². The first kappa shape index (κ1) is 22.8. The minimum atomic E-state index is -3.56. The van der Waals surface area contributed by atoms with E-state index in [1.807, 2.05) is 25.1 Å². The van der Waals surface area contributed by atoms with Crippen LogP contribution in [0.5, 0.6) is 0 Å². The number of anilines is 1. The molecule has 6 nitrogen and oxygen atoms in total. The fourth-order valence-electron chi connectivity index (χ4n) is 3.43. The van der Waals surface area contributed by atoms with Gasteiger partial charge in [-0.1, -0.05) is 42.8 Å². The molecule has 3 rings (SSSR count). The SMILES string of the molecule is CCN1CCN(S(=O)(=O)c2cccc(NC(=O)CSCc3cccc(C)c3)c2)CC1. The highest BCUT2D eigenvalue weighted by molar-refractivity contribution is 7.99. The zero-order valence-electron chi connectivity index (χ0n) is 17.5. The van der Waals surface area contributed by atoms with Crippen LogP contribution >= 0.6 is 11.8 Å². The van der Waals surface area contributed by atoms with Gasteiger partial charge in [-0.05, 0) is 37.2 Å². The van der Waals surface area contributed by atoms with Crippen LogP contribution in [0, 0.1) is 6.92 Å². The van der Waals surface area contributed by atoms with Crippen molar-refractivity contribution in [1.29, 1.82) is 0 Å². The molecule has 1 heterocycles. The summed E-state index contributed by atoms with van der Waals surface area (Å²) in [6.07, 6.45) is 0. The summed E-state index contributed by atoms with van der Waals surface area (Å²) >= 11 is 1.53. The second-order valence-electron chi connectivity index (χ2n) is 7.40. The summed E-state index contributed by atoms with van der Waals surface area (Å²) in [5.41, 5.74) is 2.89. The van der Waals surface area contributed by atoms with Gasteiger partial charge in [-0.2, -0.15) is 4.31 Å².